The van der Waals surface area contributed by atoms with E-state index in [1.54, 1.807) is 30.3 Å². The number of benzene rings is 2. The molecule has 0 atom stereocenters. The number of nitrogens with one attached hydrogen (secondary N) is 1. The van der Waals surface area contributed by atoms with E-state index >= 15 is 0 Å². The van der Waals surface area contributed by atoms with E-state index < -0.39 is 11.5 Å². The zero-order valence-electron chi connectivity index (χ0n) is 12.4. The van der Waals surface area contributed by atoms with E-state index in [1.807, 2.05) is 0 Å². The van der Waals surface area contributed by atoms with Crippen LogP contribution in [0.5, 0.6) is 5.75 Å². The Morgan fingerprint density at radius 2 is 1.92 bits per heavy atom. The summed E-state index contributed by atoms with van der Waals surface area (Å²) in [4.78, 5) is 24.4. The third kappa shape index (κ3) is 3.22. The second kappa shape index (κ2) is 6.55. The highest BCUT2D eigenvalue weighted by Gasteiger charge is 2.15. The van der Waals surface area contributed by atoms with Gasteiger partial charge in [0.25, 0.3) is 5.91 Å². The van der Waals surface area contributed by atoms with Crippen LogP contribution in [0.1, 0.15) is 10.4 Å². The Morgan fingerprint density at radius 1 is 1.12 bits per heavy atom. The molecule has 1 heterocycles. The highest BCUT2D eigenvalue weighted by atomic mass is 35.5. The van der Waals surface area contributed by atoms with E-state index in [9.17, 15) is 9.59 Å². The molecular formula is C17H11Cl2NO4. The largest absolute Gasteiger partial charge is 0.495 e. The molecule has 122 valence electrons. The topological polar surface area (TPSA) is 68.5 Å². The van der Waals surface area contributed by atoms with Crippen LogP contribution in [0, 0.1) is 0 Å². The van der Waals surface area contributed by atoms with Crippen molar-refractivity contribution in [3.63, 3.8) is 0 Å². The summed E-state index contributed by atoms with van der Waals surface area (Å²) < 4.78 is 10.2. The number of hydrogen-bond acceptors (Lipinski definition) is 4. The molecule has 1 amide bonds. The van der Waals surface area contributed by atoms with E-state index in [1.165, 1.54) is 19.2 Å². The third-order valence-corrected chi connectivity index (χ3v) is 3.88. The lowest BCUT2D eigenvalue weighted by atomic mass is 10.1. The third-order valence-electron chi connectivity index (χ3n) is 3.35. The van der Waals surface area contributed by atoms with Gasteiger partial charge in [-0.05, 0) is 42.5 Å². The van der Waals surface area contributed by atoms with Crippen molar-refractivity contribution >= 4 is 45.8 Å². The Kier molecular flexibility index (Phi) is 4.46. The Balaban J connectivity index is 1.95. The number of rotatable bonds is 3. The van der Waals surface area contributed by atoms with Gasteiger partial charge in [-0.2, -0.15) is 0 Å². The second-order valence-electron chi connectivity index (χ2n) is 4.93. The molecule has 0 radical (unpaired) electrons. The molecule has 0 spiro atoms. The van der Waals surface area contributed by atoms with Gasteiger partial charge in [0.1, 0.15) is 16.9 Å². The molecule has 0 aliphatic carbocycles. The number of carbonyl (C=O) groups excluding carboxylic acids is 1. The van der Waals surface area contributed by atoms with Gasteiger partial charge in [0.2, 0.25) is 0 Å². The maximum absolute atomic E-state index is 12.4. The van der Waals surface area contributed by atoms with Gasteiger partial charge >= 0.3 is 5.63 Å². The van der Waals surface area contributed by atoms with E-state index in [4.69, 9.17) is 32.4 Å². The number of fused-ring (bicyclic) bond motifs is 1. The van der Waals surface area contributed by atoms with Gasteiger partial charge in [0.15, 0.2) is 0 Å². The Bertz CT molecular complexity index is 998. The molecule has 24 heavy (non-hydrogen) atoms. The summed E-state index contributed by atoms with van der Waals surface area (Å²) in [6.45, 7) is 0. The highest BCUT2D eigenvalue weighted by Crippen LogP contribution is 2.27. The number of amides is 1. The maximum atomic E-state index is 12.4. The fourth-order valence-electron chi connectivity index (χ4n) is 2.20. The van der Waals surface area contributed by atoms with Crippen molar-refractivity contribution in [2.45, 2.75) is 0 Å². The van der Waals surface area contributed by atoms with Crippen LogP contribution in [-0.2, 0) is 0 Å². The summed E-state index contributed by atoms with van der Waals surface area (Å²) in [6, 6.07) is 11.0. The Labute approximate surface area is 146 Å². The van der Waals surface area contributed by atoms with Crippen molar-refractivity contribution in [3.05, 3.63) is 68.5 Å². The van der Waals surface area contributed by atoms with Crippen LogP contribution in [0.3, 0.4) is 0 Å². The van der Waals surface area contributed by atoms with Gasteiger partial charge in [0, 0.05) is 16.1 Å². The number of ether oxygens (including phenoxy) is 1. The molecule has 3 aromatic rings. The van der Waals surface area contributed by atoms with Crippen LogP contribution < -0.4 is 15.7 Å². The van der Waals surface area contributed by atoms with Gasteiger partial charge in [-0.3, -0.25) is 4.79 Å². The first kappa shape index (κ1) is 16.4. The average Bonchev–Trinajstić information content (AvgIpc) is 2.54. The maximum Gasteiger partial charge on any atom is 0.349 e. The van der Waals surface area contributed by atoms with Crippen LogP contribution in [0.2, 0.25) is 10.0 Å². The molecule has 0 saturated heterocycles. The van der Waals surface area contributed by atoms with Gasteiger partial charge in [-0.25, -0.2) is 4.79 Å². The summed E-state index contributed by atoms with van der Waals surface area (Å²) in [5.41, 5.74) is -0.0801. The first-order valence-electron chi connectivity index (χ1n) is 6.86. The van der Waals surface area contributed by atoms with Crippen LogP contribution >= 0.6 is 23.2 Å². The standard InChI is InChI=1S/C17H11Cl2NO4/c1-23-15-5-3-11(8-13(15)19)20-16(21)12-7-9-6-10(18)2-4-14(9)24-17(12)22/h2-8H,1H3,(H,20,21). The van der Waals surface area contributed by atoms with Crippen molar-refractivity contribution in [2.24, 2.45) is 0 Å². The van der Waals surface area contributed by atoms with E-state index in [0.717, 1.165) is 0 Å². The van der Waals surface area contributed by atoms with Crippen molar-refractivity contribution in [3.8, 4) is 5.75 Å². The van der Waals surface area contributed by atoms with Crippen LogP contribution in [0.15, 0.2) is 51.7 Å². The highest BCUT2D eigenvalue weighted by molar-refractivity contribution is 6.32. The molecule has 0 aliphatic heterocycles. The predicted octanol–water partition coefficient (Wildman–Crippen LogP) is 4.36. The molecule has 0 unspecified atom stereocenters. The first-order chi connectivity index (χ1) is 11.5. The lowest BCUT2D eigenvalue weighted by Crippen LogP contribution is -2.20. The van der Waals surface area contributed by atoms with E-state index in [2.05, 4.69) is 5.32 Å². The number of methoxy groups -OCH3 is 1. The molecule has 2 aromatic carbocycles. The molecule has 1 N–H and O–H groups in total. The molecule has 5 nitrogen and oxygen atoms in total. The Hall–Kier alpha value is -2.50. The van der Waals surface area contributed by atoms with Crippen molar-refractivity contribution in [2.75, 3.05) is 12.4 Å². The number of halogens is 2. The fourth-order valence-corrected chi connectivity index (χ4v) is 2.63. The normalized spacial score (nSPS) is 10.6. The lowest BCUT2D eigenvalue weighted by Gasteiger charge is -2.08. The molecule has 1 aromatic heterocycles. The van der Waals surface area contributed by atoms with Gasteiger partial charge in [0.05, 0.1) is 12.1 Å². The van der Waals surface area contributed by atoms with Gasteiger partial charge < -0.3 is 14.5 Å². The summed E-state index contributed by atoms with van der Waals surface area (Å²) in [7, 11) is 1.49. The molecule has 0 aliphatic rings. The fraction of sp³-hybridized carbons (Fsp3) is 0.0588. The quantitative estimate of drug-likeness (QED) is 0.701. The summed E-state index contributed by atoms with van der Waals surface area (Å²) >= 11 is 11.9. The summed E-state index contributed by atoms with van der Waals surface area (Å²) in [5.74, 6) is -0.124. The predicted molar refractivity (Wildman–Crippen MR) is 93.5 cm³/mol. The van der Waals surface area contributed by atoms with Gasteiger partial charge in [-0.1, -0.05) is 23.2 Å². The number of carbonyl (C=O) groups is 1. The monoisotopic (exact) mass is 363 g/mol. The van der Waals surface area contributed by atoms with Crippen molar-refractivity contribution in [1.82, 2.24) is 0 Å². The van der Waals surface area contributed by atoms with E-state index in [-0.39, 0.29) is 5.56 Å². The first-order valence-corrected chi connectivity index (χ1v) is 7.62. The molecule has 0 bridgehead atoms. The zero-order chi connectivity index (χ0) is 17.3. The number of hydrogen-bond donors (Lipinski definition) is 1. The molecular weight excluding hydrogens is 353 g/mol. The second-order valence-corrected chi connectivity index (χ2v) is 5.78. The SMILES string of the molecule is COc1ccc(NC(=O)c2cc3cc(Cl)ccc3oc2=O)cc1Cl. The van der Waals surface area contributed by atoms with Crippen LogP contribution in [0.25, 0.3) is 11.0 Å². The zero-order valence-corrected chi connectivity index (χ0v) is 13.9. The van der Waals surface area contributed by atoms with Gasteiger partial charge in [-0.15, -0.1) is 0 Å². The summed E-state index contributed by atoms with van der Waals surface area (Å²) in [6.07, 6.45) is 0. The molecule has 0 fully saturated rings. The minimum atomic E-state index is -0.734. The summed E-state index contributed by atoms with van der Waals surface area (Å²) in [5, 5.41) is 3.97. The van der Waals surface area contributed by atoms with Crippen LogP contribution in [-0.4, -0.2) is 13.0 Å². The molecule has 7 heteroatoms. The Morgan fingerprint density at radius 3 is 2.62 bits per heavy atom. The minimum absolute atomic E-state index is 0.128. The lowest BCUT2D eigenvalue weighted by molar-refractivity contribution is 0.102. The average molecular weight is 364 g/mol. The smallest absolute Gasteiger partial charge is 0.349 e. The minimum Gasteiger partial charge on any atom is -0.495 e. The molecule has 0 saturated carbocycles. The van der Waals surface area contributed by atoms with Crippen molar-refractivity contribution < 1.29 is 13.9 Å². The van der Waals surface area contributed by atoms with Crippen molar-refractivity contribution in [1.29, 1.82) is 0 Å². The van der Waals surface area contributed by atoms with Crippen LogP contribution in [0.4, 0.5) is 5.69 Å². The molecule has 3 rings (SSSR count). The van der Waals surface area contributed by atoms with E-state index in [0.29, 0.717) is 32.5 Å². The number of anilines is 1.